The second-order valence-electron chi connectivity index (χ2n) is 4.53. The first kappa shape index (κ1) is 13.6. The summed E-state index contributed by atoms with van der Waals surface area (Å²) in [6.07, 6.45) is 1.75. The summed E-state index contributed by atoms with van der Waals surface area (Å²) >= 11 is 1.93. The lowest BCUT2D eigenvalue weighted by Gasteiger charge is -2.22. The van der Waals surface area contributed by atoms with Gasteiger partial charge in [-0.25, -0.2) is 4.39 Å². The van der Waals surface area contributed by atoms with Crippen molar-refractivity contribution in [1.29, 1.82) is 0 Å². The van der Waals surface area contributed by atoms with Gasteiger partial charge >= 0.3 is 0 Å². The van der Waals surface area contributed by atoms with Gasteiger partial charge in [-0.1, -0.05) is 12.1 Å². The van der Waals surface area contributed by atoms with Crippen LogP contribution in [0.1, 0.15) is 12.0 Å². The number of methoxy groups -OCH3 is 1. The maximum atomic E-state index is 14.1. The fourth-order valence-electron chi connectivity index (χ4n) is 2.34. The monoisotopic (exact) mass is 270 g/mol. The Morgan fingerprint density at radius 3 is 3.06 bits per heavy atom. The van der Waals surface area contributed by atoms with Gasteiger partial charge in [-0.05, 0) is 41.9 Å². The van der Waals surface area contributed by atoms with Crippen molar-refractivity contribution in [2.24, 2.45) is 11.8 Å². The Kier molecular flexibility index (Phi) is 4.86. The van der Waals surface area contributed by atoms with Crippen LogP contribution in [-0.4, -0.2) is 24.7 Å². The normalized spacial score (nSPS) is 20.9. The fraction of sp³-hybridized carbons (Fsp3) is 0.538. The van der Waals surface area contributed by atoms with Crippen LogP contribution < -0.4 is 16.0 Å². The van der Waals surface area contributed by atoms with Crippen LogP contribution >= 0.6 is 11.8 Å². The van der Waals surface area contributed by atoms with Gasteiger partial charge in [0.05, 0.1) is 7.11 Å². The molecule has 0 aliphatic carbocycles. The fourth-order valence-corrected chi connectivity index (χ4v) is 3.68. The van der Waals surface area contributed by atoms with E-state index in [2.05, 4.69) is 5.43 Å². The molecule has 1 saturated heterocycles. The summed E-state index contributed by atoms with van der Waals surface area (Å²) in [5.74, 6) is 8.42. The minimum Gasteiger partial charge on any atom is -0.494 e. The molecule has 1 aliphatic heterocycles. The van der Waals surface area contributed by atoms with Gasteiger partial charge in [-0.3, -0.25) is 11.3 Å². The van der Waals surface area contributed by atoms with E-state index in [1.165, 1.54) is 12.9 Å². The Hall–Kier alpha value is -0.780. The third-order valence-electron chi connectivity index (χ3n) is 3.45. The van der Waals surface area contributed by atoms with E-state index >= 15 is 0 Å². The standard InChI is InChI=1S/C13H19FN2OS/c1-17-12-4-2-3-9(13(12)14)7-11(16-15)10-5-6-18-8-10/h2-4,10-11,16H,5-8,15H2,1H3. The number of thioether (sulfide) groups is 1. The van der Waals surface area contributed by atoms with E-state index in [1.807, 2.05) is 17.8 Å². The van der Waals surface area contributed by atoms with Crippen LogP contribution in [0.5, 0.6) is 5.75 Å². The Bertz CT molecular complexity index is 397. The lowest BCUT2D eigenvalue weighted by atomic mass is 9.93. The van der Waals surface area contributed by atoms with Crippen LogP contribution in [0.15, 0.2) is 18.2 Å². The summed E-state index contributed by atoms with van der Waals surface area (Å²) in [5.41, 5.74) is 3.50. The SMILES string of the molecule is COc1cccc(CC(NN)C2CCSC2)c1F. The first-order valence-corrected chi connectivity index (χ1v) is 7.27. The molecule has 0 bridgehead atoms. The van der Waals surface area contributed by atoms with Crippen molar-refractivity contribution in [2.45, 2.75) is 18.9 Å². The molecule has 1 fully saturated rings. The van der Waals surface area contributed by atoms with Crippen LogP contribution in [0.3, 0.4) is 0 Å². The van der Waals surface area contributed by atoms with Crippen molar-refractivity contribution in [2.75, 3.05) is 18.6 Å². The lowest BCUT2D eigenvalue weighted by Crippen LogP contribution is -2.42. The van der Waals surface area contributed by atoms with Gasteiger partial charge in [0.1, 0.15) is 0 Å². The topological polar surface area (TPSA) is 47.3 Å². The summed E-state index contributed by atoms with van der Waals surface area (Å²) in [7, 11) is 1.48. The van der Waals surface area contributed by atoms with Gasteiger partial charge in [0.25, 0.3) is 0 Å². The summed E-state index contributed by atoms with van der Waals surface area (Å²) in [5, 5.41) is 0. The lowest BCUT2D eigenvalue weighted by molar-refractivity contribution is 0.367. The van der Waals surface area contributed by atoms with Crippen LogP contribution in [-0.2, 0) is 6.42 Å². The van der Waals surface area contributed by atoms with E-state index < -0.39 is 0 Å². The Balaban J connectivity index is 2.11. The highest BCUT2D eigenvalue weighted by Gasteiger charge is 2.25. The molecule has 5 heteroatoms. The first-order valence-electron chi connectivity index (χ1n) is 6.11. The van der Waals surface area contributed by atoms with Crippen molar-refractivity contribution in [3.63, 3.8) is 0 Å². The molecule has 1 heterocycles. The smallest absolute Gasteiger partial charge is 0.168 e. The molecule has 2 atom stereocenters. The first-order chi connectivity index (χ1) is 8.76. The van der Waals surface area contributed by atoms with Gasteiger partial charge in [0, 0.05) is 6.04 Å². The molecule has 0 amide bonds. The average Bonchev–Trinajstić information content (AvgIpc) is 2.91. The van der Waals surface area contributed by atoms with Crippen molar-refractivity contribution in [3.8, 4) is 5.75 Å². The Morgan fingerprint density at radius 1 is 1.61 bits per heavy atom. The maximum absolute atomic E-state index is 14.1. The summed E-state index contributed by atoms with van der Waals surface area (Å²) in [6, 6.07) is 5.37. The van der Waals surface area contributed by atoms with Crippen molar-refractivity contribution < 1.29 is 9.13 Å². The number of benzene rings is 1. The van der Waals surface area contributed by atoms with E-state index in [0.717, 1.165) is 12.2 Å². The summed E-state index contributed by atoms with van der Waals surface area (Å²) in [6.45, 7) is 0. The molecule has 0 aromatic heterocycles. The summed E-state index contributed by atoms with van der Waals surface area (Å²) < 4.78 is 19.1. The molecule has 3 N–H and O–H groups in total. The molecule has 1 aromatic rings. The predicted octanol–water partition coefficient (Wildman–Crippen LogP) is 1.96. The molecule has 0 spiro atoms. The molecule has 0 saturated carbocycles. The highest BCUT2D eigenvalue weighted by molar-refractivity contribution is 7.99. The van der Waals surface area contributed by atoms with Gasteiger partial charge in [0.15, 0.2) is 11.6 Å². The van der Waals surface area contributed by atoms with Gasteiger partial charge in [-0.15, -0.1) is 0 Å². The zero-order chi connectivity index (χ0) is 13.0. The van der Waals surface area contributed by atoms with E-state index in [0.29, 0.717) is 23.7 Å². The van der Waals surface area contributed by atoms with Crippen LogP contribution in [0.25, 0.3) is 0 Å². The molecule has 2 rings (SSSR count). The third-order valence-corrected chi connectivity index (χ3v) is 4.64. The number of nitrogens with one attached hydrogen (secondary N) is 1. The second kappa shape index (κ2) is 6.41. The molecular weight excluding hydrogens is 251 g/mol. The predicted molar refractivity (Wildman–Crippen MR) is 73.2 cm³/mol. The molecule has 0 radical (unpaired) electrons. The zero-order valence-electron chi connectivity index (χ0n) is 10.5. The highest BCUT2D eigenvalue weighted by Crippen LogP contribution is 2.29. The molecule has 100 valence electrons. The van der Waals surface area contributed by atoms with E-state index in [-0.39, 0.29) is 11.9 Å². The van der Waals surface area contributed by atoms with Gasteiger partial charge in [-0.2, -0.15) is 11.8 Å². The number of nitrogens with two attached hydrogens (primary N) is 1. The van der Waals surface area contributed by atoms with Crippen LogP contribution in [0, 0.1) is 11.7 Å². The number of hydrazine groups is 1. The van der Waals surface area contributed by atoms with Crippen LogP contribution in [0.4, 0.5) is 4.39 Å². The number of hydrogen-bond donors (Lipinski definition) is 2. The van der Waals surface area contributed by atoms with Crippen molar-refractivity contribution >= 4 is 11.8 Å². The zero-order valence-corrected chi connectivity index (χ0v) is 11.3. The minimum atomic E-state index is -0.272. The number of hydrogen-bond acceptors (Lipinski definition) is 4. The van der Waals surface area contributed by atoms with E-state index in [1.54, 1.807) is 12.1 Å². The van der Waals surface area contributed by atoms with Gasteiger partial charge < -0.3 is 4.74 Å². The molecular formula is C13H19FN2OS. The largest absolute Gasteiger partial charge is 0.494 e. The Morgan fingerprint density at radius 2 is 2.44 bits per heavy atom. The third kappa shape index (κ3) is 2.96. The van der Waals surface area contributed by atoms with Gasteiger partial charge in [0.2, 0.25) is 0 Å². The maximum Gasteiger partial charge on any atom is 0.168 e. The molecule has 2 unspecified atom stereocenters. The minimum absolute atomic E-state index is 0.126. The highest BCUT2D eigenvalue weighted by atomic mass is 32.2. The van der Waals surface area contributed by atoms with Crippen LogP contribution in [0.2, 0.25) is 0 Å². The molecule has 1 aliphatic rings. The van der Waals surface area contributed by atoms with E-state index in [4.69, 9.17) is 10.6 Å². The summed E-state index contributed by atoms with van der Waals surface area (Å²) in [4.78, 5) is 0. The molecule has 1 aromatic carbocycles. The number of rotatable bonds is 5. The number of halogens is 1. The van der Waals surface area contributed by atoms with E-state index in [9.17, 15) is 4.39 Å². The second-order valence-corrected chi connectivity index (χ2v) is 5.68. The van der Waals surface area contributed by atoms with Crippen molar-refractivity contribution in [1.82, 2.24) is 5.43 Å². The van der Waals surface area contributed by atoms with Crippen molar-refractivity contribution in [3.05, 3.63) is 29.6 Å². The molecule has 3 nitrogen and oxygen atoms in total. The Labute approximate surface area is 111 Å². The average molecular weight is 270 g/mol. The number of ether oxygens (including phenoxy) is 1. The molecule has 18 heavy (non-hydrogen) atoms. The quantitative estimate of drug-likeness (QED) is 0.634.